The molecule has 0 aromatic heterocycles. The SMILES string of the molecule is NS(=O)(=O)C[C@@H](C/C=C/[C@H](O)[C@@H]1CC[C@H]1CN1C[C@@]2(CCCc3cc(Cl)ccc32)COc2ccc(C(=O)O)cc21)C1CC1.NS(=O)(=O)C[C@H](C/C=C/[C@H](O)[C@@H]1CC[C@H]1CN1C[C@@]2(CCCc3cc(Cl)ccc32)COc2ccc(C(=O)O)cc21)C1CC1. The van der Waals surface area contributed by atoms with Crippen molar-refractivity contribution in [3.05, 3.63) is 141 Å². The van der Waals surface area contributed by atoms with E-state index in [4.69, 9.17) is 43.0 Å². The molecule has 6 aliphatic carbocycles. The normalized spacial score (nSPS) is 26.6. The molecule has 2 heterocycles. The smallest absolute Gasteiger partial charge is 0.335 e. The van der Waals surface area contributed by atoms with E-state index >= 15 is 0 Å². The summed E-state index contributed by atoms with van der Waals surface area (Å²) in [6, 6.07) is 22.4. The van der Waals surface area contributed by atoms with Crippen LogP contribution in [0.3, 0.4) is 0 Å². The number of primary sulfonamides is 2. The number of carboxylic acids is 2. The van der Waals surface area contributed by atoms with Gasteiger partial charge in [0.25, 0.3) is 0 Å². The molecule has 16 nitrogen and oxygen atoms in total. The fourth-order valence-electron chi connectivity index (χ4n) is 15.2. The van der Waals surface area contributed by atoms with Gasteiger partial charge in [-0.05, 0) is 233 Å². The molecule has 464 valence electrons. The summed E-state index contributed by atoms with van der Waals surface area (Å²) in [4.78, 5) is 28.4. The molecular formula is C66H82Cl2N4O12S2. The van der Waals surface area contributed by atoms with Gasteiger partial charge in [0.05, 0.1) is 59.4 Å². The number of anilines is 2. The zero-order valence-corrected chi connectivity index (χ0v) is 51.8. The van der Waals surface area contributed by atoms with Crippen LogP contribution >= 0.6 is 23.2 Å². The molecule has 2 aliphatic heterocycles. The van der Waals surface area contributed by atoms with Crippen molar-refractivity contribution in [2.45, 2.75) is 126 Å². The molecule has 0 amide bonds. The molecule has 8 aliphatic rings. The van der Waals surface area contributed by atoms with Crippen LogP contribution in [-0.2, 0) is 43.7 Å². The van der Waals surface area contributed by atoms with Gasteiger partial charge in [0.2, 0.25) is 20.0 Å². The van der Waals surface area contributed by atoms with Crippen LogP contribution in [0.2, 0.25) is 10.0 Å². The van der Waals surface area contributed by atoms with Crippen LogP contribution in [0.1, 0.15) is 133 Å². The molecule has 0 saturated heterocycles. The minimum absolute atomic E-state index is 0.00267. The Labute approximate surface area is 516 Å². The monoisotopic (exact) mass is 1260 g/mol. The highest BCUT2D eigenvalue weighted by molar-refractivity contribution is 7.89. The first-order chi connectivity index (χ1) is 41.0. The molecule has 12 rings (SSSR count). The minimum atomic E-state index is -3.54. The van der Waals surface area contributed by atoms with Crippen LogP contribution in [0, 0.1) is 47.3 Å². The second-order valence-electron chi connectivity index (χ2n) is 26.3. The van der Waals surface area contributed by atoms with E-state index in [9.17, 15) is 46.9 Å². The van der Waals surface area contributed by atoms with Gasteiger partial charge in [-0.1, -0.05) is 59.6 Å². The Hall–Kier alpha value is -5.18. The number of nitrogens with zero attached hydrogens (tertiary/aromatic N) is 2. The van der Waals surface area contributed by atoms with Gasteiger partial charge in [0.1, 0.15) is 11.5 Å². The Morgan fingerprint density at radius 3 is 1.35 bits per heavy atom. The number of nitrogens with two attached hydrogens (primary N) is 2. The van der Waals surface area contributed by atoms with Crippen LogP contribution in [-0.4, -0.2) is 112 Å². The number of aromatic carboxylic acids is 2. The molecule has 8 N–H and O–H groups in total. The summed E-state index contributed by atoms with van der Waals surface area (Å²) in [6.45, 7) is 3.72. The number of carboxylic acid groups (broad SMARTS) is 2. The van der Waals surface area contributed by atoms with Crippen LogP contribution < -0.4 is 29.6 Å². The molecule has 0 radical (unpaired) electrons. The molecule has 4 fully saturated rings. The molecule has 2 spiro atoms. The third kappa shape index (κ3) is 14.6. The number of sulfonamides is 2. The molecule has 20 heteroatoms. The maximum Gasteiger partial charge on any atom is 0.335 e. The van der Waals surface area contributed by atoms with Crippen molar-refractivity contribution >= 4 is 66.6 Å². The van der Waals surface area contributed by atoms with Crippen LogP contribution in [0.4, 0.5) is 11.4 Å². The number of halogens is 2. The van der Waals surface area contributed by atoms with Crippen molar-refractivity contribution in [3.8, 4) is 11.5 Å². The Balaban J connectivity index is 0.000000179. The lowest BCUT2D eigenvalue weighted by atomic mass is 9.68. The molecule has 0 unspecified atom stereocenters. The summed E-state index contributed by atoms with van der Waals surface area (Å²) >= 11 is 12.7. The predicted octanol–water partition coefficient (Wildman–Crippen LogP) is 10.3. The molecule has 86 heavy (non-hydrogen) atoms. The summed E-state index contributed by atoms with van der Waals surface area (Å²) in [5.74, 6) is 0.718. The van der Waals surface area contributed by atoms with Crippen LogP contribution in [0.15, 0.2) is 97.1 Å². The van der Waals surface area contributed by atoms with Gasteiger partial charge in [-0.15, -0.1) is 0 Å². The average Bonchev–Trinajstić information content (AvgIpc) is 2.50. The fraction of sp³-hybridized carbons (Fsp3) is 0.545. The predicted molar refractivity (Wildman–Crippen MR) is 335 cm³/mol. The first-order valence-electron chi connectivity index (χ1n) is 30.8. The van der Waals surface area contributed by atoms with E-state index in [1.807, 2.05) is 36.4 Å². The van der Waals surface area contributed by atoms with E-state index in [0.29, 0.717) is 75.6 Å². The summed E-state index contributed by atoms with van der Waals surface area (Å²) in [7, 11) is -7.08. The highest BCUT2D eigenvalue weighted by Crippen LogP contribution is 2.50. The Morgan fingerprint density at radius 1 is 0.593 bits per heavy atom. The van der Waals surface area contributed by atoms with Crippen molar-refractivity contribution in [2.24, 2.45) is 57.6 Å². The largest absolute Gasteiger partial charge is 0.490 e. The summed E-state index contributed by atoms with van der Waals surface area (Å²) in [5.41, 5.74) is 6.46. The van der Waals surface area contributed by atoms with Crippen molar-refractivity contribution in [1.29, 1.82) is 0 Å². The molecule has 10 atom stereocenters. The first-order valence-corrected chi connectivity index (χ1v) is 35.0. The number of aliphatic hydroxyl groups excluding tert-OH is 2. The Bertz CT molecular complexity index is 3240. The van der Waals surface area contributed by atoms with E-state index < -0.39 is 44.2 Å². The van der Waals surface area contributed by atoms with E-state index in [1.165, 1.54) is 22.3 Å². The van der Waals surface area contributed by atoms with Gasteiger partial charge in [-0.3, -0.25) is 0 Å². The lowest BCUT2D eigenvalue weighted by molar-refractivity contribution is 0.0454. The lowest BCUT2D eigenvalue weighted by Gasteiger charge is -2.45. The zero-order chi connectivity index (χ0) is 60.7. The van der Waals surface area contributed by atoms with Crippen molar-refractivity contribution < 1.29 is 56.3 Å². The number of hydrogen-bond donors (Lipinski definition) is 6. The third-order valence-corrected chi connectivity index (χ3v) is 22.6. The third-order valence-electron chi connectivity index (χ3n) is 20.3. The number of hydrogen-bond acceptors (Lipinski definition) is 12. The van der Waals surface area contributed by atoms with E-state index in [-0.39, 0.29) is 69.0 Å². The fourth-order valence-corrected chi connectivity index (χ4v) is 17.6. The molecule has 0 bridgehead atoms. The summed E-state index contributed by atoms with van der Waals surface area (Å²) in [6.07, 6.45) is 21.2. The van der Waals surface area contributed by atoms with E-state index in [0.717, 1.165) is 111 Å². The minimum Gasteiger partial charge on any atom is -0.490 e. The number of rotatable bonds is 20. The second kappa shape index (κ2) is 25.7. The van der Waals surface area contributed by atoms with Gasteiger partial charge in [0.15, 0.2) is 0 Å². The number of carbonyl (C=O) groups is 2. The molecule has 4 saturated carbocycles. The number of benzene rings is 4. The van der Waals surface area contributed by atoms with Crippen molar-refractivity contribution in [1.82, 2.24) is 0 Å². The second-order valence-corrected chi connectivity index (χ2v) is 30.5. The number of fused-ring (bicyclic) bond motifs is 6. The van der Waals surface area contributed by atoms with Crippen LogP contribution in [0.5, 0.6) is 11.5 Å². The van der Waals surface area contributed by atoms with Crippen LogP contribution in [0.25, 0.3) is 0 Å². The Morgan fingerprint density at radius 2 is 1.00 bits per heavy atom. The van der Waals surface area contributed by atoms with Crippen molar-refractivity contribution in [3.63, 3.8) is 0 Å². The summed E-state index contributed by atoms with van der Waals surface area (Å²) < 4.78 is 59.7. The molecule has 4 aromatic carbocycles. The van der Waals surface area contributed by atoms with E-state index in [2.05, 4.69) is 34.1 Å². The van der Waals surface area contributed by atoms with Gasteiger partial charge in [-0.2, -0.15) is 0 Å². The van der Waals surface area contributed by atoms with Gasteiger partial charge < -0.3 is 39.7 Å². The molecular weight excluding hydrogens is 1180 g/mol. The topological polar surface area (TPSA) is 260 Å². The van der Waals surface area contributed by atoms with Gasteiger partial charge in [-0.25, -0.2) is 36.7 Å². The van der Waals surface area contributed by atoms with Gasteiger partial charge in [0, 0.05) is 47.1 Å². The van der Waals surface area contributed by atoms with Gasteiger partial charge >= 0.3 is 11.9 Å². The first kappa shape index (κ1) is 62.4. The lowest BCUT2D eigenvalue weighted by Crippen LogP contribution is -2.49. The average molecular weight is 1260 g/mol. The molecule has 4 aromatic rings. The number of allylic oxidation sites excluding steroid dienone is 2. The standard InChI is InChI=1S/2C33H41ClN2O6S/c2*34-26-10-12-28-22(15-26)4-2-14-33(28)19-36(29-16-23(32(38)39)9-13-31(29)42-20-33)17-24-8-11-27(24)30(37)5-1-3-25(21-6-7-21)18-43(35,40)41/h2*1,5,9-10,12-13,15-16,21,24-25,27,30,37H,2-4,6-8,11,14,17-20H2,(H,38,39)(H2,35,40,41)/b2*5-1+/t24-,25+,27+,30-,33-;24-,25-,27+,30-,33-/m00/s1. The number of aryl methyl sites for hydroxylation is 2. The maximum absolute atomic E-state index is 11.9. The number of ether oxygens (including phenoxy) is 2. The Kier molecular flexibility index (Phi) is 18.7. The van der Waals surface area contributed by atoms with Crippen molar-refractivity contribution in [2.75, 3.05) is 60.7 Å². The highest BCUT2D eigenvalue weighted by Gasteiger charge is 2.47. The highest BCUT2D eigenvalue weighted by atomic mass is 35.5. The number of aliphatic hydroxyl groups is 2. The van der Waals surface area contributed by atoms with E-state index in [1.54, 1.807) is 36.4 Å². The quantitative estimate of drug-likeness (QED) is 0.0450. The maximum atomic E-state index is 11.9. The summed E-state index contributed by atoms with van der Waals surface area (Å²) in [5, 5.41) is 54.0. The zero-order valence-electron chi connectivity index (χ0n) is 48.7.